The number of para-hydroxylation sites is 1. The Balaban J connectivity index is 2.16. The first-order chi connectivity index (χ1) is 9.99. The predicted molar refractivity (Wildman–Crippen MR) is 98.2 cm³/mol. The van der Waals surface area contributed by atoms with E-state index in [1.54, 1.807) is 0 Å². The number of hydrogen-bond acceptors (Lipinski definition) is 2. The van der Waals surface area contributed by atoms with E-state index in [0.29, 0.717) is 0 Å². The van der Waals surface area contributed by atoms with Crippen molar-refractivity contribution in [3.63, 3.8) is 0 Å². The van der Waals surface area contributed by atoms with E-state index in [4.69, 9.17) is 0 Å². The fourth-order valence-electron chi connectivity index (χ4n) is 2.72. The van der Waals surface area contributed by atoms with Gasteiger partial charge in [-0.2, -0.15) is 0 Å². The van der Waals surface area contributed by atoms with E-state index in [9.17, 15) is 0 Å². The summed E-state index contributed by atoms with van der Waals surface area (Å²) in [6.45, 7) is 8.84. The van der Waals surface area contributed by atoms with E-state index in [-0.39, 0.29) is 0 Å². The highest BCUT2D eigenvalue weighted by Gasteiger charge is 2.13. The molecule has 0 amide bonds. The number of aryl methyl sites for hydroxylation is 4. The van der Waals surface area contributed by atoms with Crippen molar-refractivity contribution in [3.8, 4) is 0 Å². The molecule has 0 spiro atoms. The molecule has 1 heterocycles. The molecule has 0 radical (unpaired) electrons. The molecule has 3 rings (SSSR count). The third-order valence-electron chi connectivity index (χ3n) is 4.03. The van der Waals surface area contributed by atoms with Crippen molar-refractivity contribution in [2.24, 2.45) is 0 Å². The fourth-order valence-corrected chi connectivity index (χ4v) is 4.35. The lowest BCUT2D eigenvalue weighted by atomic mass is 10.0. The van der Waals surface area contributed by atoms with Gasteiger partial charge in [0.2, 0.25) is 0 Å². The molecule has 2 aromatic carbocycles. The second-order valence-corrected chi connectivity index (χ2v) is 7.54. The Hall–Kier alpha value is -1.32. The van der Waals surface area contributed by atoms with Gasteiger partial charge in [0.1, 0.15) is 0 Å². The molecule has 0 aliphatic rings. The van der Waals surface area contributed by atoms with Crippen molar-refractivity contribution in [1.29, 1.82) is 0 Å². The highest BCUT2D eigenvalue weighted by atomic mass is 79.9. The summed E-state index contributed by atoms with van der Waals surface area (Å²) in [5.41, 5.74) is 6.38. The van der Waals surface area contributed by atoms with Crippen molar-refractivity contribution in [3.05, 3.63) is 56.4 Å². The van der Waals surface area contributed by atoms with Crippen LogP contribution in [0.3, 0.4) is 0 Å². The predicted octanol–water partition coefficient (Wildman–Crippen LogP) is 6.64. The van der Waals surface area contributed by atoms with Gasteiger partial charge in [-0.15, -0.1) is 11.3 Å². The topological polar surface area (TPSA) is 12.0 Å². The van der Waals surface area contributed by atoms with E-state index >= 15 is 0 Å². The zero-order valence-electron chi connectivity index (χ0n) is 12.7. The van der Waals surface area contributed by atoms with Crippen LogP contribution in [-0.4, -0.2) is 0 Å². The number of thiophene rings is 1. The van der Waals surface area contributed by atoms with E-state index in [2.05, 4.69) is 67.1 Å². The Kier molecular flexibility index (Phi) is 3.80. The minimum Gasteiger partial charge on any atom is -0.354 e. The average Bonchev–Trinajstić information content (AvgIpc) is 2.75. The summed E-state index contributed by atoms with van der Waals surface area (Å²) in [5.74, 6) is 0. The number of halogens is 1. The highest BCUT2D eigenvalue weighted by Crippen LogP contribution is 2.39. The molecular formula is C18H18BrNS. The van der Waals surface area contributed by atoms with Crippen LogP contribution >= 0.6 is 27.3 Å². The molecule has 0 saturated carbocycles. The van der Waals surface area contributed by atoms with E-state index in [1.807, 2.05) is 23.5 Å². The lowest BCUT2D eigenvalue weighted by Crippen LogP contribution is -1.95. The molecule has 1 nitrogen and oxygen atoms in total. The number of nitrogens with one attached hydrogen (secondary N) is 1. The van der Waals surface area contributed by atoms with Gasteiger partial charge in [-0.05, 0) is 83.9 Å². The molecule has 0 fully saturated rings. The normalized spacial score (nSPS) is 11.1. The number of benzene rings is 2. The maximum atomic E-state index is 3.60. The molecule has 0 atom stereocenters. The zero-order valence-corrected chi connectivity index (χ0v) is 15.1. The molecule has 1 aromatic heterocycles. The Morgan fingerprint density at radius 2 is 1.67 bits per heavy atom. The molecule has 108 valence electrons. The SMILES string of the molecule is Cc1sc2c(C)c(Nc3ccccc3Br)cc(C)c2c1C. The molecule has 0 aliphatic heterocycles. The second kappa shape index (κ2) is 5.47. The summed E-state index contributed by atoms with van der Waals surface area (Å²) in [6, 6.07) is 10.5. The molecule has 21 heavy (non-hydrogen) atoms. The number of rotatable bonds is 2. The van der Waals surface area contributed by atoms with Crippen molar-refractivity contribution >= 4 is 48.7 Å². The summed E-state index contributed by atoms with van der Waals surface area (Å²) < 4.78 is 2.49. The maximum Gasteiger partial charge on any atom is 0.0528 e. The smallest absolute Gasteiger partial charge is 0.0528 e. The molecule has 0 bridgehead atoms. The Morgan fingerprint density at radius 3 is 2.38 bits per heavy atom. The molecule has 0 unspecified atom stereocenters. The Labute approximate surface area is 138 Å². The van der Waals surface area contributed by atoms with Gasteiger partial charge in [-0.25, -0.2) is 0 Å². The van der Waals surface area contributed by atoms with Crippen LogP contribution in [0.5, 0.6) is 0 Å². The van der Waals surface area contributed by atoms with Gasteiger partial charge < -0.3 is 5.32 Å². The van der Waals surface area contributed by atoms with Crippen LogP contribution in [0.15, 0.2) is 34.8 Å². The average molecular weight is 360 g/mol. The van der Waals surface area contributed by atoms with Gasteiger partial charge in [0.15, 0.2) is 0 Å². The van der Waals surface area contributed by atoms with E-state index < -0.39 is 0 Å². The molecule has 0 aliphatic carbocycles. The lowest BCUT2D eigenvalue weighted by molar-refractivity contribution is 1.41. The summed E-state index contributed by atoms with van der Waals surface area (Å²) in [6.07, 6.45) is 0. The third kappa shape index (κ3) is 2.49. The first-order valence-corrected chi connectivity index (χ1v) is 8.61. The van der Waals surface area contributed by atoms with Crippen LogP contribution in [0.1, 0.15) is 21.6 Å². The zero-order chi connectivity index (χ0) is 15.1. The Morgan fingerprint density at radius 1 is 0.952 bits per heavy atom. The molecular weight excluding hydrogens is 342 g/mol. The van der Waals surface area contributed by atoms with Gasteiger partial charge >= 0.3 is 0 Å². The van der Waals surface area contributed by atoms with Gasteiger partial charge in [-0.1, -0.05) is 12.1 Å². The number of anilines is 2. The first-order valence-electron chi connectivity index (χ1n) is 7.00. The minimum atomic E-state index is 1.08. The standard InChI is InChI=1S/C18H18BrNS/c1-10-9-16(20-15-8-6-5-7-14(15)19)12(3)18-17(10)11(2)13(4)21-18/h5-9,20H,1-4H3. The van der Waals surface area contributed by atoms with Gasteiger partial charge in [0, 0.05) is 19.7 Å². The van der Waals surface area contributed by atoms with Gasteiger partial charge in [0.05, 0.1) is 5.69 Å². The van der Waals surface area contributed by atoms with Crippen molar-refractivity contribution in [1.82, 2.24) is 0 Å². The monoisotopic (exact) mass is 359 g/mol. The quantitative estimate of drug-likeness (QED) is 0.540. The van der Waals surface area contributed by atoms with Crippen LogP contribution in [0.25, 0.3) is 10.1 Å². The van der Waals surface area contributed by atoms with E-state index in [1.165, 1.54) is 37.3 Å². The summed E-state index contributed by atoms with van der Waals surface area (Å²) in [7, 11) is 0. The molecule has 1 N–H and O–H groups in total. The summed E-state index contributed by atoms with van der Waals surface area (Å²) in [4.78, 5) is 1.41. The van der Waals surface area contributed by atoms with Crippen LogP contribution < -0.4 is 5.32 Å². The van der Waals surface area contributed by atoms with E-state index in [0.717, 1.165) is 10.2 Å². The van der Waals surface area contributed by atoms with Crippen LogP contribution in [0.2, 0.25) is 0 Å². The minimum absolute atomic E-state index is 1.08. The van der Waals surface area contributed by atoms with Crippen LogP contribution in [-0.2, 0) is 0 Å². The number of fused-ring (bicyclic) bond motifs is 1. The van der Waals surface area contributed by atoms with Crippen LogP contribution in [0, 0.1) is 27.7 Å². The summed E-state index contributed by atoms with van der Waals surface area (Å²) >= 11 is 5.50. The summed E-state index contributed by atoms with van der Waals surface area (Å²) in [5, 5.41) is 4.99. The van der Waals surface area contributed by atoms with Gasteiger partial charge in [0.25, 0.3) is 0 Å². The maximum absolute atomic E-state index is 3.60. The highest BCUT2D eigenvalue weighted by molar-refractivity contribution is 9.10. The fraction of sp³-hybridized carbons (Fsp3) is 0.222. The molecule has 3 heteroatoms. The van der Waals surface area contributed by atoms with Crippen LogP contribution in [0.4, 0.5) is 11.4 Å². The van der Waals surface area contributed by atoms with Crippen molar-refractivity contribution < 1.29 is 0 Å². The second-order valence-electron chi connectivity index (χ2n) is 5.46. The number of hydrogen-bond donors (Lipinski definition) is 1. The largest absolute Gasteiger partial charge is 0.354 e. The van der Waals surface area contributed by atoms with Crippen molar-refractivity contribution in [2.75, 3.05) is 5.32 Å². The Bertz CT molecular complexity index is 833. The lowest BCUT2D eigenvalue weighted by Gasteiger charge is -2.13. The van der Waals surface area contributed by atoms with Crippen molar-refractivity contribution in [2.45, 2.75) is 27.7 Å². The molecule has 0 saturated heterocycles. The molecule has 3 aromatic rings. The first kappa shape index (κ1) is 14.6. The third-order valence-corrected chi connectivity index (χ3v) is 6.05. The van der Waals surface area contributed by atoms with Gasteiger partial charge in [-0.3, -0.25) is 0 Å².